The maximum Gasteiger partial charge on any atom is 0.0350 e. The van der Waals surface area contributed by atoms with Crippen LogP contribution >= 0.6 is 0 Å². The molecule has 0 aliphatic heterocycles. The van der Waals surface area contributed by atoms with Crippen LogP contribution in [0.25, 0.3) is 0 Å². The van der Waals surface area contributed by atoms with Gasteiger partial charge in [-0.15, -0.1) is 0 Å². The molecule has 17 heavy (non-hydrogen) atoms. The fraction of sp³-hybridized carbons (Fsp3) is 0.929. The van der Waals surface area contributed by atoms with Crippen LogP contribution in [0.3, 0.4) is 0 Å². The van der Waals surface area contributed by atoms with E-state index in [0.717, 1.165) is 12.5 Å². The third kappa shape index (κ3) is 6.06. The SMILES string of the molecule is CCCC(CC/C(C)=N/N(C)C)NC1CCC1. The largest absolute Gasteiger partial charge is 0.311 e. The van der Waals surface area contributed by atoms with Gasteiger partial charge in [0.05, 0.1) is 0 Å². The van der Waals surface area contributed by atoms with E-state index in [-0.39, 0.29) is 0 Å². The average molecular weight is 239 g/mol. The van der Waals surface area contributed by atoms with Crippen molar-refractivity contribution in [3.05, 3.63) is 0 Å². The molecule has 0 aromatic rings. The highest BCUT2D eigenvalue weighted by Gasteiger charge is 2.20. The molecule has 1 fully saturated rings. The van der Waals surface area contributed by atoms with Crippen molar-refractivity contribution in [3.63, 3.8) is 0 Å². The fourth-order valence-electron chi connectivity index (χ4n) is 2.34. The van der Waals surface area contributed by atoms with E-state index in [1.807, 2.05) is 19.1 Å². The molecule has 1 aliphatic rings. The van der Waals surface area contributed by atoms with Gasteiger partial charge in [0, 0.05) is 31.9 Å². The summed E-state index contributed by atoms with van der Waals surface area (Å²) in [4.78, 5) is 0. The standard InChI is InChI=1S/C14H29N3/c1-5-7-13(15-14-8-6-9-14)11-10-12(2)16-17(3)4/h13-15H,5-11H2,1-4H3/b16-12+. The quantitative estimate of drug-likeness (QED) is 0.521. The van der Waals surface area contributed by atoms with Crippen molar-refractivity contribution in [1.29, 1.82) is 0 Å². The molecule has 0 radical (unpaired) electrons. The predicted octanol–water partition coefficient (Wildman–Crippen LogP) is 3.01. The Labute approximate surface area is 107 Å². The molecule has 1 saturated carbocycles. The summed E-state index contributed by atoms with van der Waals surface area (Å²) < 4.78 is 0. The first-order valence-corrected chi connectivity index (χ1v) is 7.09. The van der Waals surface area contributed by atoms with Gasteiger partial charge in [0.25, 0.3) is 0 Å². The summed E-state index contributed by atoms with van der Waals surface area (Å²) in [5.74, 6) is 0. The van der Waals surface area contributed by atoms with E-state index in [1.165, 1.54) is 44.2 Å². The van der Waals surface area contributed by atoms with Crippen molar-refractivity contribution in [2.75, 3.05) is 14.1 Å². The zero-order valence-corrected chi connectivity index (χ0v) is 12.0. The number of hydrazone groups is 1. The van der Waals surface area contributed by atoms with E-state index in [4.69, 9.17) is 0 Å². The molecular weight excluding hydrogens is 210 g/mol. The first-order chi connectivity index (χ1) is 8.11. The Morgan fingerprint density at radius 1 is 1.35 bits per heavy atom. The van der Waals surface area contributed by atoms with E-state index in [1.54, 1.807) is 0 Å². The molecule has 1 atom stereocenters. The highest BCUT2D eigenvalue weighted by Crippen LogP contribution is 2.20. The third-order valence-electron chi connectivity index (χ3n) is 3.44. The Bertz CT molecular complexity index is 232. The van der Waals surface area contributed by atoms with Crippen LogP contribution in [0.1, 0.15) is 58.8 Å². The summed E-state index contributed by atoms with van der Waals surface area (Å²) in [6, 6.07) is 1.50. The lowest BCUT2D eigenvalue weighted by Gasteiger charge is -2.31. The summed E-state index contributed by atoms with van der Waals surface area (Å²) >= 11 is 0. The van der Waals surface area contributed by atoms with E-state index in [9.17, 15) is 0 Å². The minimum absolute atomic E-state index is 0.692. The second-order valence-electron chi connectivity index (χ2n) is 5.50. The minimum Gasteiger partial charge on any atom is -0.311 e. The monoisotopic (exact) mass is 239 g/mol. The molecule has 3 heteroatoms. The van der Waals surface area contributed by atoms with Crippen molar-refractivity contribution < 1.29 is 0 Å². The second-order valence-corrected chi connectivity index (χ2v) is 5.50. The fourth-order valence-corrected chi connectivity index (χ4v) is 2.34. The van der Waals surface area contributed by atoms with Gasteiger partial charge in [-0.3, -0.25) is 0 Å². The molecule has 1 aliphatic carbocycles. The minimum atomic E-state index is 0.692. The molecule has 0 saturated heterocycles. The maximum atomic E-state index is 4.44. The summed E-state index contributed by atoms with van der Waals surface area (Å²) in [5, 5.41) is 10.1. The Morgan fingerprint density at radius 3 is 2.53 bits per heavy atom. The smallest absolute Gasteiger partial charge is 0.0350 e. The lowest BCUT2D eigenvalue weighted by atomic mass is 9.91. The number of rotatable bonds is 8. The highest BCUT2D eigenvalue weighted by molar-refractivity contribution is 5.81. The van der Waals surface area contributed by atoms with E-state index in [0.29, 0.717) is 6.04 Å². The second kappa shape index (κ2) is 7.70. The van der Waals surface area contributed by atoms with Crippen molar-refractivity contribution in [2.24, 2.45) is 5.10 Å². The van der Waals surface area contributed by atoms with Crippen molar-refractivity contribution in [2.45, 2.75) is 70.9 Å². The summed E-state index contributed by atoms with van der Waals surface area (Å²) in [6.45, 7) is 4.41. The van der Waals surface area contributed by atoms with Gasteiger partial charge >= 0.3 is 0 Å². The summed E-state index contributed by atoms with van der Waals surface area (Å²) in [6.07, 6.45) is 9.09. The molecule has 3 nitrogen and oxygen atoms in total. The number of nitrogens with zero attached hydrogens (tertiary/aromatic N) is 2. The normalized spacial score (nSPS) is 18.9. The van der Waals surface area contributed by atoms with Gasteiger partial charge in [-0.2, -0.15) is 5.10 Å². The molecule has 0 spiro atoms. The molecule has 1 N–H and O–H groups in total. The zero-order valence-electron chi connectivity index (χ0n) is 12.0. The van der Waals surface area contributed by atoms with Crippen LogP contribution in [0, 0.1) is 0 Å². The van der Waals surface area contributed by atoms with Gasteiger partial charge in [-0.1, -0.05) is 19.8 Å². The Morgan fingerprint density at radius 2 is 2.06 bits per heavy atom. The molecular formula is C14H29N3. The van der Waals surface area contributed by atoms with Crippen molar-refractivity contribution in [3.8, 4) is 0 Å². The lowest BCUT2D eigenvalue weighted by Crippen LogP contribution is -2.42. The van der Waals surface area contributed by atoms with Crippen LogP contribution in [-0.2, 0) is 0 Å². The first-order valence-electron chi connectivity index (χ1n) is 7.09. The van der Waals surface area contributed by atoms with Crippen molar-refractivity contribution >= 4 is 5.71 Å². The molecule has 1 unspecified atom stereocenters. The van der Waals surface area contributed by atoms with Crippen LogP contribution in [-0.4, -0.2) is 36.9 Å². The molecule has 100 valence electrons. The summed E-state index contributed by atoms with van der Waals surface area (Å²) in [7, 11) is 3.97. The van der Waals surface area contributed by atoms with Gasteiger partial charge in [0.1, 0.15) is 0 Å². The topological polar surface area (TPSA) is 27.6 Å². The Balaban J connectivity index is 2.27. The third-order valence-corrected chi connectivity index (χ3v) is 3.44. The van der Waals surface area contributed by atoms with Crippen LogP contribution in [0.15, 0.2) is 5.10 Å². The van der Waals surface area contributed by atoms with E-state index < -0.39 is 0 Å². The average Bonchev–Trinajstić information content (AvgIpc) is 2.18. The molecule has 0 amide bonds. The van der Waals surface area contributed by atoms with Gasteiger partial charge in [-0.25, -0.2) is 0 Å². The van der Waals surface area contributed by atoms with E-state index in [2.05, 4.69) is 24.3 Å². The van der Waals surface area contributed by atoms with Gasteiger partial charge in [0.2, 0.25) is 0 Å². The highest BCUT2D eigenvalue weighted by atomic mass is 15.4. The number of hydrogen-bond acceptors (Lipinski definition) is 3. The molecule has 0 heterocycles. The molecule has 1 rings (SSSR count). The van der Waals surface area contributed by atoms with Crippen LogP contribution in [0.2, 0.25) is 0 Å². The molecule has 0 bridgehead atoms. The molecule has 0 aromatic heterocycles. The van der Waals surface area contributed by atoms with Crippen LogP contribution in [0.4, 0.5) is 0 Å². The Hall–Kier alpha value is -0.570. The number of hydrogen-bond donors (Lipinski definition) is 1. The van der Waals surface area contributed by atoms with Crippen molar-refractivity contribution in [1.82, 2.24) is 10.3 Å². The van der Waals surface area contributed by atoms with Crippen LogP contribution < -0.4 is 5.32 Å². The predicted molar refractivity (Wildman–Crippen MR) is 75.5 cm³/mol. The van der Waals surface area contributed by atoms with Crippen LogP contribution in [0.5, 0.6) is 0 Å². The van der Waals surface area contributed by atoms with Gasteiger partial charge in [-0.05, 0) is 39.0 Å². The lowest BCUT2D eigenvalue weighted by molar-refractivity contribution is 0.288. The maximum absolute atomic E-state index is 4.44. The van der Waals surface area contributed by atoms with Gasteiger partial charge in [0.15, 0.2) is 0 Å². The zero-order chi connectivity index (χ0) is 12.7. The first kappa shape index (κ1) is 14.5. The number of nitrogens with one attached hydrogen (secondary N) is 1. The van der Waals surface area contributed by atoms with E-state index >= 15 is 0 Å². The summed E-state index contributed by atoms with van der Waals surface area (Å²) in [5.41, 5.74) is 1.24. The Kier molecular flexibility index (Phi) is 6.56. The van der Waals surface area contributed by atoms with Gasteiger partial charge < -0.3 is 10.3 Å². The molecule has 0 aromatic carbocycles.